The third-order valence-electron chi connectivity index (χ3n) is 3.06. The van der Waals surface area contributed by atoms with Crippen LogP contribution < -0.4 is 0 Å². The molecule has 0 fully saturated rings. The van der Waals surface area contributed by atoms with Gasteiger partial charge < -0.3 is 4.90 Å². The zero-order chi connectivity index (χ0) is 11.0. The van der Waals surface area contributed by atoms with E-state index in [-0.39, 0.29) is 0 Å². The second-order valence-electron chi connectivity index (χ2n) is 4.35. The van der Waals surface area contributed by atoms with Crippen molar-refractivity contribution in [2.75, 3.05) is 20.1 Å². The predicted molar refractivity (Wildman–Crippen MR) is 66.1 cm³/mol. The van der Waals surface area contributed by atoms with Crippen molar-refractivity contribution >= 4 is 23.2 Å². The summed E-state index contributed by atoms with van der Waals surface area (Å²) in [4.78, 5) is 2.34. The molecule has 1 heterocycles. The predicted octanol–water partition coefficient (Wildman–Crippen LogP) is 3.58. The lowest BCUT2D eigenvalue weighted by molar-refractivity contribution is 0.332. The second-order valence-corrected chi connectivity index (χ2v) is 5.13. The average Bonchev–Trinajstić information content (AvgIpc) is 2.32. The summed E-state index contributed by atoms with van der Waals surface area (Å²) < 4.78 is 0. The third kappa shape index (κ3) is 2.15. The minimum absolute atomic E-state index is 0.457. The lowest BCUT2D eigenvalue weighted by atomic mass is 9.95. The fourth-order valence-electron chi connectivity index (χ4n) is 2.32. The number of benzene rings is 1. The molecule has 2 rings (SSSR count). The molecule has 1 atom stereocenters. The van der Waals surface area contributed by atoms with Crippen molar-refractivity contribution in [1.29, 1.82) is 0 Å². The fraction of sp³-hybridized carbons (Fsp3) is 0.500. The lowest BCUT2D eigenvalue weighted by Gasteiger charge is -2.18. The first-order chi connectivity index (χ1) is 7.09. The fourth-order valence-corrected chi connectivity index (χ4v) is 2.85. The Morgan fingerprint density at radius 1 is 1.33 bits per heavy atom. The number of fused-ring (bicyclic) bond motifs is 1. The molecule has 1 aliphatic rings. The van der Waals surface area contributed by atoms with E-state index in [4.69, 9.17) is 23.2 Å². The molecular formula is C12H15Cl2N. The molecule has 1 aromatic carbocycles. The molecular weight excluding hydrogens is 229 g/mol. The summed E-state index contributed by atoms with van der Waals surface area (Å²) in [5, 5.41) is 1.42. The summed E-state index contributed by atoms with van der Waals surface area (Å²) >= 11 is 12.3. The normalized spacial score (nSPS) is 22.3. The number of rotatable bonds is 0. The van der Waals surface area contributed by atoms with Gasteiger partial charge >= 0.3 is 0 Å². The maximum absolute atomic E-state index is 6.28. The highest BCUT2D eigenvalue weighted by Crippen LogP contribution is 2.35. The van der Waals surface area contributed by atoms with E-state index in [1.807, 2.05) is 6.07 Å². The summed E-state index contributed by atoms with van der Waals surface area (Å²) in [7, 11) is 2.15. The highest BCUT2D eigenvalue weighted by molar-refractivity contribution is 6.42. The molecule has 0 N–H and O–H groups in total. The maximum atomic E-state index is 6.28. The largest absolute Gasteiger partial charge is 0.305 e. The van der Waals surface area contributed by atoms with E-state index in [9.17, 15) is 0 Å². The summed E-state index contributed by atoms with van der Waals surface area (Å²) in [5.74, 6) is 0.457. The zero-order valence-electron chi connectivity index (χ0n) is 9.06. The molecule has 0 aliphatic carbocycles. The van der Waals surface area contributed by atoms with E-state index in [2.05, 4.69) is 24.9 Å². The summed E-state index contributed by atoms with van der Waals surface area (Å²) in [6.45, 7) is 4.35. The van der Waals surface area contributed by atoms with Crippen molar-refractivity contribution in [3.8, 4) is 0 Å². The van der Waals surface area contributed by atoms with Crippen LogP contribution in [-0.2, 0) is 6.42 Å². The molecule has 1 nitrogen and oxygen atoms in total. The molecule has 15 heavy (non-hydrogen) atoms. The van der Waals surface area contributed by atoms with Gasteiger partial charge in [-0.1, -0.05) is 36.2 Å². The van der Waals surface area contributed by atoms with Gasteiger partial charge in [-0.25, -0.2) is 0 Å². The molecule has 1 unspecified atom stereocenters. The highest BCUT2D eigenvalue weighted by Gasteiger charge is 2.21. The van der Waals surface area contributed by atoms with Crippen LogP contribution in [0.25, 0.3) is 0 Å². The van der Waals surface area contributed by atoms with Gasteiger partial charge in [0.25, 0.3) is 0 Å². The van der Waals surface area contributed by atoms with Crippen molar-refractivity contribution in [2.24, 2.45) is 0 Å². The van der Waals surface area contributed by atoms with Crippen LogP contribution in [0.1, 0.15) is 24.0 Å². The van der Waals surface area contributed by atoms with Crippen LogP contribution in [0.3, 0.4) is 0 Å². The Bertz CT molecular complexity index is 376. The molecule has 0 spiro atoms. The Hall–Kier alpha value is -0.240. The van der Waals surface area contributed by atoms with Gasteiger partial charge in [0, 0.05) is 13.1 Å². The summed E-state index contributed by atoms with van der Waals surface area (Å²) in [6.07, 6.45) is 1.06. The van der Waals surface area contributed by atoms with Crippen molar-refractivity contribution in [3.05, 3.63) is 33.3 Å². The minimum atomic E-state index is 0.457. The van der Waals surface area contributed by atoms with Crippen LogP contribution in [-0.4, -0.2) is 25.0 Å². The molecule has 1 aromatic rings. The van der Waals surface area contributed by atoms with E-state index >= 15 is 0 Å². The van der Waals surface area contributed by atoms with Gasteiger partial charge in [-0.05, 0) is 36.6 Å². The van der Waals surface area contributed by atoms with E-state index in [0.29, 0.717) is 10.9 Å². The Kier molecular flexibility index (Phi) is 3.24. The second kappa shape index (κ2) is 4.32. The molecule has 3 heteroatoms. The van der Waals surface area contributed by atoms with Gasteiger partial charge in [0.15, 0.2) is 0 Å². The van der Waals surface area contributed by atoms with Crippen molar-refractivity contribution < 1.29 is 0 Å². The number of hydrogen-bond donors (Lipinski definition) is 0. The zero-order valence-corrected chi connectivity index (χ0v) is 10.6. The summed E-state index contributed by atoms with van der Waals surface area (Å²) in [6, 6.07) is 4.01. The van der Waals surface area contributed by atoms with Crippen molar-refractivity contribution in [3.63, 3.8) is 0 Å². The van der Waals surface area contributed by atoms with Gasteiger partial charge in [0.2, 0.25) is 0 Å². The van der Waals surface area contributed by atoms with E-state index < -0.39 is 0 Å². The molecule has 0 amide bonds. The number of halogens is 2. The third-order valence-corrected chi connectivity index (χ3v) is 3.88. The first kappa shape index (κ1) is 11.3. The topological polar surface area (TPSA) is 3.24 Å². The first-order valence-corrected chi connectivity index (χ1v) is 6.00. The molecule has 0 bridgehead atoms. The number of likely N-dealkylation sites (N-methyl/N-ethyl adjacent to an activating group) is 1. The molecule has 1 aliphatic heterocycles. The van der Waals surface area contributed by atoms with Crippen LogP contribution in [0.2, 0.25) is 10.0 Å². The molecule has 82 valence electrons. The van der Waals surface area contributed by atoms with Crippen LogP contribution in [0.5, 0.6) is 0 Å². The number of nitrogens with zero attached hydrogens (tertiary/aromatic N) is 1. The molecule has 0 radical (unpaired) electrons. The van der Waals surface area contributed by atoms with E-state index in [1.165, 1.54) is 11.1 Å². The van der Waals surface area contributed by atoms with Crippen LogP contribution in [0.15, 0.2) is 12.1 Å². The Labute approximate surface area is 101 Å². The molecule has 0 saturated carbocycles. The Balaban J connectivity index is 2.50. The van der Waals surface area contributed by atoms with E-state index in [0.717, 1.165) is 24.5 Å². The van der Waals surface area contributed by atoms with Crippen molar-refractivity contribution in [1.82, 2.24) is 4.90 Å². The minimum Gasteiger partial charge on any atom is -0.305 e. The van der Waals surface area contributed by atoms with Crippen molar-refractivity contribution in [2.45, 2.75) is 19.3 Å². The highest BCUT2D eigenvalue weighted by atomic mass is 35.5. The first-order valence-electron chi connectivity index (χ1n) is 5.25. The van der Waals surface area contributed by atoms with Gasteiger partial charge in [-0.2, -0.15) is 0 Å². The van der Waals surface area contributed by atoms with E-state index in [1.54, 1.807) is 0 Å². The monoisotopic (exact) mass is 243 g/mol. The van der Waals surface area contributed by atoms with Gasteiger partial charge in [0.1, 0.15) is 0 Å². The SMILES string of the molecule is CC1CN(C)CCc2ccc(Cl)c(Cl)c21. The Morgan fingerprint density at radius 2 is 2.07 bits per heavy atom. The number of hydrogen-bond acceptors (Lipinski definition) is 1. The van der Waals surface area contributed by atoms with Gasteiger partial charge in [0.05, 0.1) is 10.0 Å². The van der Waals surface area contributed by atoms with Gasteiger partial charge in [-0.15, -0.1) is 0 Å². The Morgan fingerprint density at radius 3 is 2.80 bits per heavy atom. The van der Waals surface area contributed by atoms with Gasteiger partial charge in [-0.3, -0.25) is 0 Å². The smallest absolute Gasteiger partial charge is 0.0630 e. The van der Waals surface area contributed by atoms with Crippen LogP contribution >= 0.6 is 23.2 Å². The average molecular weight is 244 g/mol. The quantitative estimate of drug-likeness (QED) is 0.674. The molecule has 0 saturated heterocycles. The maximum Gasteiger partial charge on any atom is 0.0630 e. The summed E-state index contributed by atoms with van der Waals surface area (Å²) in [5.41, 5.74) is 2.59. The van der Waals surface area contributed by atoms with Crippen LogP contribution in [0.4, 0.5) is 0 Å². The lowest BCUT2D eigenvalue weighted by Crippen LogP contribution is -2.22. The molecule has 0 aromatic heterocycles. The van der Waals surface area contributed by atoms with Crippen LogP contribution in [0, 0.1) is 0 Å². The standard InChI is InChI=1S/C12H15Cl2N/c1-8-7-15(2)6-5-9-3-4-10(13)12(14)11(8)9/h3-4,8H,5-7H2,1-2H3.